The highest BCUT2D eigenvalue weighted by Gasteiger charge is 2.25. The number of anilines is 2. The van der Waals surface area contributed by atoms with Gasteiger partial charge in [0, 0.05) is 19.6 Å². The summed E-state index contributed by atoms with van der Waals surface area (Å²) in [6.45, 7) is 6.24. The van der Waals surface area contributed by atoms with E-state index in [1.54, 1.807) is 18.7 Å². The molecule has 0 bridgehead atoms. The van der Waals surface area contributed by atoms with Crippen molar-refractivity contribution >= 4 is 23.4 Å². The van der Waals surface area contributed by atoms with E-state index < -0.39 is 23.1 Å². The second-order valence-corrected chi connectivity index (χ2v) is 7.57. The van der Waals surface area contributed by atoms with E-state index in [4.69, 9.17) is 10.5 Å². The lowest BCUT2D eigenvalue weighted by molar-refractivity contribution is -0.144. The first-order chi connectivity index (χ1) is 15.8. The number of ether oxygens (including phenoxy) is 1. The molecule has 0 saturated heterocycles. The van der Waals surface area contributed by atoms with Gasteiger partial charge in [-0.15, -0.1) is 0 Å². The first kappa shape index (κ1) is 25.9. The average Bonchev–Trinajstić information content (AvgIpc) is 2.77. The highest BCUT2D eigenvalue weighted by Crippen LogP contribution is 2.18. The summed E-state index contributed by atoms with van der Waals surface area (Å²) in [5.74, 6) is -0.919. The molecule has 1 amide bonds. The van der Waals surface area contributed by atoms with Crippen LogP contribution in [-0.2, 0) is 27.4 Å². The number of aromatic amines is 1. The molecule has 0 spiro atoms. The van der Waals surface area contributed by atoms with Crippen LogP contribution in [0.5, 0.6) is 0 Å². The van der Waals surface area contributed by atoms with Crippen molar-refractivity contribution in [3.05, 3.63) is 56.7 Å². The summed E-state index contributed by atoms with van der Waals surface area (Å²) in [6, 6.07) is 9.42. The number of rotatable bonds is 12. The Morgan fingerprint density at radius 1 is 1.09 bits per heavy atom. The molecule has 33 heavy (non-hydrogen) atoms. The number of likely N-dealkylation sites (N-methyl/N-ethyl adjacent to an activating group) is 1. The molecule has 0 atom stereocenters. The maximum atomic E-state index is 13.3. The number of carbonyl (C=O) groups is 2. The Labute approximate surface area is 193 Å². The van der Waals surface area contributed by atoms with E-state index in [2.05, 4.69) is 4.98 Å². The summed E-state index contributed by atoms with van der Waals surface area (Å²) in [6.07, 6.45) is 1.53. The SMILES string of the molecule is CCCCn1c(N)c(N(CC)C(=O)CN(CC(=O)OCC)Cc2ccccc2)c(=O)[nH]c1=O. The summed E-state index contributed by atoms with van der Waals surface area (Å²) in [5.41, 5.74) is 5.71. The van der Waals surface area contributed by atoms with Gasteiger partial charge in [-0.1, -0.05) is 43.7 Å². The summed E-state index contributed by atoms with van der Waals surface area (Å²) in [5, 5.41) is 0. The molecule has 0 aliphatic carbocycles. The number of nitrogens with one attached hydrogen (secondary N) is 1. The third kappa shape index (κ3) is 7.04. The fraction of sp³-hybridized carbons (Fsp3) is 0.478. The lowest BCUT2D eigenvalue weighted by Gasteiger charge is -2.27. The zero-order valence-corrected chi connectivity index (χ0v) is 19.5. The van der Waals surface area contributed by atoms with Crippen LogP contribution in [-0.4, -0.2) is 52.6 Å². The summed E-state index contributed by atoms with van der Waals surface area (Å²) in [4.78, 5) is 55.4. The van der Waals surface area contributed by atoms with E-state index >= 15 is 0 Å². The third-order valence-electron chi connectivity index (χ3n) is 5.10. The molecule has 3 N–H and O–H groups in total. The Hall–Kier alpha value is -3.40. The van der Waals surface area contributed by atoms with Gasteiger partial charge in [0.1, 0.15) is 5.82 Å². The number of hydrogen-bond donors (Lipinski definition) is 2. The number of amides is 1. The van der Waals surface area contributed by atoms with Gasteiger partial charge in [-0.25, -0.2) is 4.79 Å². The number of hydrogen-bond acceptors (Lipinski definition) is 7. The van der Waals surface area contributed by atoms with Crippen LogP contribution in [0.3, 0.4) is 0 Å². The van der Waals surface area contributed by atoms with Crippen LogP contribution in [0.1, 0.15) is 39.2 Å². The maximum absolute atomic E-state index is 13.3. The number of H-pyrrole nitrogens is 1. The molecular formula is C23H33N5O5. The van der Waals surface area contributed by atoms with Gasteiger partial charge in [0.2, 0.25) is 5.91 Å². The van der Waals surface area contributed by atoms with E-state index in [-0.39, 0.29) is 37.7 Å². The smallest absolute Gasteiger partial charge is 0.330 e. The number of nitrogen functional groups attached to an aromatic ring is 1. The molecular weight excluding hydrogens is 426 g/mol. The first-order valence-electron chi connectivity index (χ1n) is 11.2. The number of benzene rings is 1. The second kappa shape index (κ2) is 12.6. The number of esters is 1. The Bertz CT molecular complexity index is 1050. The molecule has 1 aromatic carbocycles. The number of aromatic nitrogens is 2. The van der Waals surface area contributed by atoms with Crippen molar-refractivity contribution in [2.45, 2.75) is 46.7 Å². The van der Waals surface area contributed by atoms with Crippen LogP contribution >= 0.6 is 0 Å². The number of nitrogens with two attached hydrogens (primary N) is 1. The Morgan fingerprint density at radius 2 is 1.79 bits per heavy atom. The minimum Gasteiger partial charge on any atom is -0.465 e. The van der Waals surface area contributed by atoms with Gasteiger partial charge in [-0.3, -0.25) is 28.8 Å². The molecule has 180 valence electrons. The number of carbonyl (C=O) groups excluding carboxylic acids is 2. The van der Waals surface area contributed by atoms with Crippen molar-refractivity contribution in [2.24, 2.45) is 0 Å². The molecule has 1 aromatic heterocycles. The lowest BCUT2D eigenvalue weighted by atomic mass is 10.2. The molecule has 0 unspecified atom stereocenters. The van der Waals surface area contributed by atoms with Crippen molar-refractivity contribution in [3.8, 4) is 0 Å². The first-order valence-corrected chi connectivity index (χ1v) is 11.2. The molecule has 10 nitrogen and oxygen atoms in total. The van der Waals surface area contributed by atoms with Gasteiger partial charge in [0.15, 0.2) is 5.69 Å². The zero-order chi connectivity index (χ0) is 24.4. The van der Waals surface area contributed by atoms with Gasteiger partial charge in [-0.05, 0) is 25.8 Å². The maximum Gasteiger partial charge on any atom is 0.330 e. The van der Waals surface area contributed by atoms with Crippen LogP contribution in [0.2, 0.25) is 0 Å². The summed E-state index contributed by atoms with van der Waals surface area (Å²) < 4.78 is 6.32. The Kier molecular flexibility index (Phi) is 9.86. The quantitative estimate of drug-likeness (QED) is 0.458. The van der Waals surface area contributed by atoms with Gasteiger partial charge >= 0.3 is 11.7 Å². The van der Waals surface area contributed by atoms with Gasteiger partial charge in [0.05, 0.1) is 19.7 Å². The van der Waals surface area contributed by atoms with Crippen molar-refractivity contribution in [2.75, 3.05) is 36.9 Å². The fourth-order valence-corrected chi connectivity index (χ4v) is 3.51. The molecule has 2 rings (SSSR count). The predicted molar refractivity (Wildman–Crippen MR) is 127 cm³/mol. The third-order valence-corrected chi connectivity index (χ3v) is 5.10. The summed E-state index contributed by atoms with van der Waals surface area (Å²) in [7, 11) is 0. The largest absolute Gasteiger partial charge is 0.465 e. The number of nitrogens with zero attached hydrogens (tertiary/aromatic N) is 3. The highest BCUT2D eigenvalue weighted by molar-refractivity contribution is 5.97. The molecule has 0 fully saturated rings. The van der Waals surface area contributed by atoms with Crippen LogP contribution < -0.4 is 21.9 Å². The number of unbranched alkanes of at least 4 members (excludes halogenated alkanes) is 1. The van der Waals surface area contributed by atoms with Gasteiger partial charge < -0.3 is 15.4 Å². The average molecular weight is 460 g/mol. The molecule has 0 aliphatic rings. The molecule has 0 radical (unpaired) electrons. The van der Waals surface area contributed by atoms with Crippen LogP contribution in [0.4, 0.5) is 11.5 Å². The Balaban J connectivity index is 2.33. The fourth-order valence-electron chi connectivity index (χ4n) is 3.51. The predicted octanol–water partition coefficient (Wildman–Crippen LogP) is 1.34. The van der Waals surface area contributed by atoms with Crippen LogP contribution in [0.25, 0.3) is 0 Å². The van der Waals surface area contributed by atoms with Crippen molar-refractivity contribution in [1.82, 2.24) is 14.5 Å². The van der Waals surface area contributed by atoms with Crippen molar-refractivity contribution in [1.29, 1.82) is 0 Å². The van der Waals surface area contributed by atoms with Crippen LogP contribution in [0, 0.1) is 0 Å². The minimum atomic E-state index is -0.722. The van der Waals surface area contributed by atoms with Crippen molar-refractivity contribution < 1.29 is 14.3 Å². The second-order valence-electron chi connectivity index (χ2n) is 7.57. The van der Waals surface area contributed by atoms with Crippen LogP contribution in [0.15, 0.2) is 39.9 Å². The zero-order valence-electron chi connectivity index (χ0n) is 19.5. The minimum absolute atomic E-state index is 0.0487. The lowest BCUT2D eigenvalue weighted by Crippen LogP contribution is -2.46. The molecule has 0 aliphatic heterocycles. The standard InChI is InChI=1S/C23H33N5O5/c1-4-7-13-28-21(24)20(22(31)25-23(28)32)27(5-2)18(29)15-26(16-19(30)33-6-3)14-17-11-9-8-10-12-17/h8-12H,4-7,13-16,24H2,1-3H3,(H,25,31,32). The van der Waals surface area contributed by atoms with Crippen molar-refractivity contribution in [3.63, 3.8) is 0 Å². The summed E-state index contributed by atoms with van der Waals surface area (Å²) >= 11 is 0. The van der Waals surface area contributed by atoms with E-state index in [0.717, 1.165) is 12.0 Å². The Morgan fingerprint density at radius 3 is 2.39 bits per heavy atom. The molecule has 1 heterocycles. The normalized spacial score (nSPS) is 10.9. The van der Waals surface area contributed by atoms with E-state index in [1.807, 2.05) is 37.3 Å². The van der Waals surface area contributed by atoms with E-state index in [1.165, 1.54) is 9.47 Å². The van der Waals surface area contributed by atoms with Gasteiger partial charge in [-0.2, -0.15) is 0 Å². The molecule has 2 aromatic rings. The van der Waals surface area contributed by atoms with E-state index in [9.17, 15) is 19.2 Å². The topological polar surface area (TPSA) is 131 Å². The monoisotopic (exact) mass is 459 g/mol. The van der Waals surface area contributed by atoms with E-state index in [0.29, 0.717) is 19.5 Å². The molecule has 0 saturated carbocycles. The highest BCUT2D eigenvalue weighted by atomic mass is 16.5. The molecule has 10 heteroatoms. The van der Waals surface area contributed by atoms with Gasteiger partial charge in [0.25, 0.3) is 5.56 Å².